The first-order chi connectivity index (χ1) is 13.8. The molecular formula is C20H15BrF2N2O2S2. The van der Waals surface area contributed by atoms with Crippen LogP contribution in [0, 0.1) is 6.92 Å². The quantitative estimate of drug-likeness (QED) is 0.229. The van der Waals surface area contributed by atoms with Crippen molar-refractivity contribution in [1.29, 1.82) is 0 Å². The second-order valence-corrected chi connectivity index (χ2v) is 8.80. The van der Waals surface area contributed by atoms with E-state index in [9.17, 15) is 13.9 Å². The van der Waals surface area contributed by atoms with E-state index in [1.54, 1.807) is 35.0 Å². The molecule has 29 heavy (non-hydrogen) atoms. The number of rotatable bonds is 6. The number of benzene rings is 1. The molecule has 0 radical (unpaired) electrons. The number of aromatic nitrogens is 1. The molecular weight excluding hydrogens is 482 g/mol. The van der Waals surface area contributed by atoms with Gasteiger partial charge in [0, 0.05) is 22.2 Å². The maximum absolute atomic E-state index is 13.2. The Hall–Kier alpha value is -2.36. The number of nitrogens with one attached hydrogen (secondary N) is 1. The van der Waals surface area contributed by atoms with Crippen LogP contribution < -0.4 is 19.7 Å². The highest BCUT2D eigenvalue weighted by Crippen LogP contribution is 2.28. The molecule has 0 saturated carbocycles. The van der Waals surface area contributed by atoms with Crippen molar-refractivity contribution in [3.63, 3.8) is 0 Å². The maximum Gasteiger partial charge on any atom is 0.387 e. The van der Waals surface area contributed by atoms with Gasteiger partial charge in [-0.2, -0.15) is 13.3 Å². The number of alkyl halides is 2. The van der Waals surface area contributed by atoms with E-state index < -0.39 is 6.61 Å². The highest BCUT2D eigenvalue weighted by atomic mass is 79.9. The largest absolute Gasteiger partial charge is 0.867 e. The van der Waals surface area contributed by atoms with Crippen molar-refractivity contribution in [2.24, 2.45) is 0 Å². The first-order valence-electron chi connectivity index (χ1n) is 8.35. The fourth-order valence-corrected chi connectivity index (χ4v) is 4.18. The van der Waals surface area contributed by atoms with Crippen molar-refractivity contribution >= 4 is 61.6 Å². The number of aryl methyl sites for hydroxylation is 1. The van der Waals surface area contributed by atoms with Gasteiger partial charge < -0.3 is 15.2 Å². The molecule has 3 aromatic rings. The van der Waals surface area contributed by atoms with E-state index in [0.717, 1.165) is 9.35 Å². The van der Waals surface area contributed by atoms with Crippen LogP contribution in [0.25, 0.3) is 11.5 Å². The third-order valence-corrected chi connectivity index (χ3v) is 5.69. The lowest BCUT2D eigenvalue weighted by Gasteiger charge is -2.16. The molecule has 0 bridgehead atoms. The Bertz CT molecular complexity index is 1050. The van der Waals surface area contributed by atoms with Crippen LogP contribution in [0.15, 0.2) is 64.7 Å². The van der Waals surface area contributed by atoms with Crippen LogP contribution in [0.5, 0.6) is 5.75 Å². The summed E-state index contributed by atoms with van der Waals surface area (Å²) in [6.07, 6.45) is 3.56. The third-order valence-electron chi connectivity index (χ3n) is 3.77. The summed E-state index contributed by atoms with van der Waals surface area (Å²) < 4.78 is 31.5. The molecule has 0 atom stereocenters. The van der Waals surface area contributed by atoms with E-state index in [-0.39, 0.29) is 22.2 Å². The smallest absolute Gasteiger partial charge is 0.387 e. The Morgan fingerprint density at radius 1 is 1.21 bits per heavy atom. The number of thiophene rings is 1. The van der Waals surface area contributed by atoms with E-state index in [0.29, 0.717) is 10.6 Å². The normalized spacial score (nSPS) is 11.9. The lowest BCUT2D eigenvalue weighted by molar-refractivity contribution is -0.578. The number of halogens is 3. The Kier molecular flexibility index (Phi) is 6.94. The lowest BCUT2D eigenvalue weighted by Crippen LogP contribution is -2.40. The van der Waals surface area contributed by atoms with Crippen LogP contribution in [-0.4, -0.2) is 11.6 Å². The van der Waals surface area contributed by atoms with Crippen LogP contribution in [0.1, 0.15) is 10.4 Å². The Morgan fingerprint density at radius 3 is 2.52 bits per heavy atom. The predicted molar refractivity (Wildman–Crippen MR) is 116 cm³/mol. The number of nitrogens with zero attached hydrogens (tertiary/aromatic N) is 1. The Labute approximate surface area is 184 Å². The molecule has 9 heteroatoms. The zero-order chi connectivity index (χ0) is 21.0. The number of thiocarbonyl (C=S) groups is 1. The van der Waals surface area contributed by atoms with Gasteiger partial charge >= 0.3 is 6.61 Å². The predicted octanol–water partition coefficient (Wildman–Crippen LogP) is 4.83. The second-order valence-electron chi connectivity index (χ2n) is 5.93. The number of anilines is 1. The van der Waals surface area contributed by atoms with E-state index in [2.05, 4.69) is 26.0 Å². The van der Waals surface area contributed by atoms with Gasteiger partial charge in [0.1, 0.15) is 5.75 Å². The summed E-state index contributed by atoms with van der Waals surface area (Å²) in [4.78, 5) is 0.739. The highest BCUT2D eigenvalue weighted by molar-refractivity contribution is 9.11. The molecule has 1 aromatic carbocycles. The van der Waals surface area contributed by atoms with Gasteiger partial charge in [-0.3, -0.25) is 0 Å². The summed E-state index contributed by atoms with van der Waals surface area (Å²) in [5, 5.41) is 16.2. The summed E-state index contributed by atoms with van der Waals surface area (Å²) >= 11 is 10.2. The van der Waals surface area contributed by atoms with E-state index in [4.69, 9.17) is 12.2 Å². The Balaban J connectivity index is 1.95. The number of ether oxygens (including phenoxy) is 1. The molecule has 1 N–H and O–H groups in total. The van der Waals surface area contributed by atoms with Crippen LogP contribution in [-0.2, 0) is 0 Å². The maximum atomic E-state index is 13.2. The van der Waals surface area contributed by atoms with Gasteiger partial charge in [-0.25, -0.2) is 0 Å². The average molecular weight is 497 g/mol. The number of pyridine rings is 1. The minimum absolute atomic E-state index is 0.0354. The molecule has 0 fully saturated rings. The van der Waals surface area contributed by atoms with Crippen molar-refractivity contribution in [1.82, 2.24) is 0 Å². The van der Waals surface area contributed by atoms with Gasteiger partial charge in [-0.1, -0.05) is 12.2 Å². The lowest BCUT2D eigenvalue weighted by atomic mass is 10.2. The summed E-state index contributed by atoms with van der Waals surface area (Å²) in [6, 6.07) is 13.2. The molecule has 150 valence electrons. The van der Waals surface area contributed by atoms with Crippen molar-refractivity contribution in [3.8, 4) is 5.75 Å². The van der Waals surface area contributed by atoms with Crippen molar-refractivity contribution in [2.45, 2.75) is 13.5 Å². The summed E-state index contributed by atoms with van der Waals surface area (Å²) in [5.74, 6) is -0.195. The summed E-state index contributed by atoms with van der Waals surface area (Å²) in [6.45, 7) is -0.978. The van der Waals surface area contributed by atoms with Crippen molar-refractivity contribution in [3.05, 3.63) is 75.2 Å². The molecule has 0 aliphatic carbocycles. The molecule has 0 aliphatic rings. The molecule has 3 rings (SSSR count). The van der Waals surface area contributed by atoms with E-state index >= 15 is 0 Å². The molecule has 0 aliphatic heterocycles. The first kappa shape index (κ1) is 21.4. The topological polar surface area (TPSA) is 48.2 Å². The van der Waals surface area contributed by atoms with E-state index in [1.165, 1.54) is 23.5 Å². The molecule has 0 saturated heterocycles. The molecule has 0 amide bonds. The van der Waals surface area contributed by atoms with Gasteiger partial charge in [-0.15, -0.1) is 11.3 Å². The van der Waals surface area contributed by atoms with Gasteiger partial charge in [0.15, 0.2) is 17.4 Å². The average Bonchev–Trinajstić information content (AvgIpc) is 3.09. The summed E-state index contributed by atoms with van der Waals surface area (Å²) in [5.41, 5.74) is 1.79. The Morgan fingerprint density at radius 2 is 1.93 bits per heavy atom. The van der Waals surface area contributed by atoms with Gasteiger partial charge in [0.2, 0.25) is 5.70 Å². The first-order valence-corrected chi connectivity index (χ1v) is 10.4. The van der Waals surface area contributed by atoms with Crippen molar-refractivity contribution < 1.29 is 23.2 Å². The molecule has 0 spiro atoms. The van der Waals surface area contributed by atoms with Crippen molar-refractivity contribution in [2.75, 3.05) is 5.32 Å². The third kappa shape index (κ3) is 5.59. The van der Waals surface area contributed by atoms with E-state index in [1.807, 2.05) is 25.3 Å². The molecule has 4 nitrogen and oxygen atoms in total. The zero-order valence-electron chi connectivity index (χ0n) is 15.1. The fraction of sp³-hybridized carbons (Fsp3) is 0.100. The van der Waals surface area contributed by atoms with Crippen LogP contribution in [0.4, 0.5) is 14.5 Å². The van der Waals surface area contributed by atoms with Gasteiger partial charge in [0.05, 0.1) is 3.79 Å². The second kappa shape index (κ2) is 9.43. The minimum atomic E-state index is -2.89. The zero-order valence-corrected chi connectivity index (χ0v) is 18.3. The molecule has 2 heterocycles. The monoisotopic (exact) mass is 496 g/mol. The van der Waals surface area contributed by atoms with Crippen LogP contribution in [0.3, 0.4) is 0 Å². The number of hydrogen-bond acceptors (Lipinski definition) is 4. The summed E-state index contributed by atoms with van der Waals surface area (Å²) in [7, 11) is 0. The van der Waals surface area contributed by atoms with Gasteiger partial charge in [0.25, 0.3) is 0 Å². The SMILES string of the molecule is Cc1ccc[n+](/C(C(=S)Nc2ccc(OC(F)F)cc2)=C(\[O-])c2ccc(Br)s2)c1. The van der Waals surface area contributed by atoms with Gasteiger partial charge in [-0.05, 0) is 71.1 Å². The standard InChI is InChI=1S/C20H15BrF2N2O2S2/c1-12-3-2-10-25(11-12)17(18(26)15-8-9-16(21)29-15)19(28)24-13-4-6-14(7-5-13)27-20(22)23/h2-11,20H,1H3,(H-,24,26,28). The van der Waals surface area contributed by atoms with Crippen LogP contribution in [0.2, 0.25) is 0 Å². The molecule has 0 unspecified atom stereocenters. The number of hydrogen-bond donors (Lipinski definition) is 1. The highest BCUT2D eigenvalue weighted by Gasteiger charge is 2.20. The van der Waals surface area contributed by atoms with Crippen LogP contribution >= 0.6 is 39.5 Å². The molecule has 2 aromatic heterocycles. The fourth-order valence-electron chi connectivity index (χ4n) is 2.53. The minimum Gasteiger partial charge on any atom is -0.867 e.